The van der Waals surface area contributed by atoms with Crippen molar-refractivity contribution >= 4 is 11.6 Å². The Morgan fingerprint density at radius 2 is 2.31 bits per heavy atom. The quantitative estimate of drug-likeness (QED) is 0.695. The molecule has 1 N–H and O–H groups in total. The summed E-state index contributed by atoms with van der Waals surface area (Å²) in [7, 11) is 0. The zero-order valence-electron chi connectivity index (χ0n) is 6.63. The van der Waals surface area contributed by atoms with Gasteiger partial charge in [-0.25, -0.2) is 4.98 Å². The number of ether oxygens (including phenoxy) is 1. The van der Waals surface area contributed by atoms with Crippen LogP contribution in [0.1, 0.15) is 5.56 Å². The second kappa shape index (κ2) is 2.90. The molecule has 1 saturated heterocycles. The number of pyridine rings is 1. The Bertz CT molecular complexity index is 341. The van der Waals surface area contributed by atoms with Crippen LogP contribution in [-0.2, 0) is 10.3 Å². The highest BCUT2D eigenvalue weighted by Gasteiger charge is 2.40. The van der Waals surface area contributed by atoms with Crippen LogP contribution in [0.4, 0.5) is 4.39 Å². The summed E-state index contributed by atoms with van der Waals surface area (Å²) in [6.45, 7) is 0.298. The molecule has 0 atom stereocenters. The second-order valence-corrected chi connectivity index (χ2v) is 3.37. The number of halogens is 2. The van der Waals surface area contributed by atoms with Crippen LogP contribution >= 0.6 is 11.6 Å². The van der Waals surface area contributed by atoms with Gasteiger partial charge in [0.05, 0.1) is 13.2 Å². The molecule has 0 aromatic carbocycles. The van der Waals surface area contributed by atoms with Crippen molar-refractivity contribution in [1.82, 2.24) is 4.98 Å². The van der Waals surface area contributed by atoms with Gasteiger partial charge >= 0.3 is 0 Å². The highest BCUT2D eigenvalue weighted by molar-refractivity contribution is 6.31. The summed E-state index contributed by atoms with van der Waals surface area (Å²) >= 11 is 5.64. The second-order valence-electron chi connectivity index (χ2n) is 2.99. The first-order chi connectivity index (χ1) is 6.13. The Morgan fingerprint density at radius 3 is 2.85 bits per heavy atom. The van der Waals surface area contributed by atoms with Gasteiger partial charge in [0.2, 0.25) is 5.95 Å². The van der Waals surface area contributed by atoms with Crippen molar-refractivity contribution in [2.75, 3.05) is 13.2 Å². The standard InChI is InChI=1S/C8H7ClFNO2/c9-6-5(1-2-11-7(6)10)8(12)3-13-4-8/h1-2,12H,3-4H2. The molecule has 2 heterocycles. The molecule has 0 unspecified atom stereocenters. The number of aromatic nitrogens is 1. The van der Waals surface area contributed by atoms with Gasteiger partial charge in [-0.05, 0) is 6.07 Å². The smallest absolute Gasteiger partial charge is 0.232 e. The molecule has 0 saturated carbocycles. The van der Waals surface area contributed by atoms with Crippen molar-refractivity contribution in [2.45, 2.75) is 5.60 Å². The van der Waals surface area contributed by atoms with Crippen LogP contribution < -0.4 is 0 Å². The molecule has 0 spiro atoms. The van der Waals surface area contributed by atoms with Crippen LogP contribution in [0.25, 0.3) is 0 Å². The van der Waals surface area contributed by atoms with E-state index in [-0.39, 0.29) is 18.2 Å². The lowest BCUT2D eigenvalue weighted by atomic mass is 9.93. The normalized spacial score (nSPS) is 19.6. The van der Waals surface area contributed by atoms with E-state index < -0.39 is 11.5 Å². The highest BCUT2D eigenvalue weighted by Crippen LogP contribution is 2.34. The van der Waals surface area contributed by atoms with Crippen LogP contribution in [0.3, 0.4) is 0 Å². The van der Waals surface area contributed by atoms with Crippen molar-refractivity contribution in [1.29, 1.82) is 0 Å². The van der Waals surface area contributed by atoms with E-state index in [1.54, 1.807) is 0 Å². The molecule has 2 rings (SSSR count). The van der Waals surface area contributed by atoms with Crippen molar-refractivity contribution in [3.05, 3.63) is 28.8 Å². The first-order valence-corrected chi connectivity index (χ1v) is 4.12. The summed E-state index contributed by atoms with van der Waals surface area (Å²) in [5.74, 6) is -0.764. The van der Waals surface area contributed by atoms with Crippen molar-refractivity contribution in [3.63, 3.8) is 0 Å². The summed E-state index contributed by atoms with van der Waals surface area (Å²) in [5.41, 5.74) is -0.797. The number of rotatable bonds is 1. The van der Waals surface area contributed by atoms with E-state index in [0.717, 1.165) is 0 Å². The van der Waals surface area contributed by atoms with Crippen LogP contribution in [-0.4, -0.2) is 23.3 Å². The predicted molar refractivity (Wildman–Crippen MR) is 43.9 cm³/mol. The fraction of sp³-hybridized carbons (Fsp3) is 0.375. The molecule has 3 nitrogen and oxygen atoms in total. The molecule has 13 heavy (non-hydrogen) atoms. The summed E-state index contributed by atoms with van der Waals surface area (Å²) in [6, 6.07) is 1.49. The zero-order valence-corrected chi connectivity index (χ0v) is 7.38. The summed E-state index contributed by atoms with van der Waals surface area (Å²) in [6.07, 6.45) is 1.27. The van der Waals surface area contributed by atoms with Crippen molar-refractivity contribution in [3.8, 4) is 0 Å². The summed E-state index contributed by atoms with van der Waals surface area (Å²) < 4.78 is 17.7. The maximum Gasteiger partial charge on any atom is 0.232 e. The van der Waals surface area contributed by atoms with E-state index in [1.165, 1.54) is 12.3 Å². The lowest BCUT2D eigenvalue weighted by molar-refractivity contribution is -0.184. The third kappa shape index (κ3) is 1.31. The van der Waals surface area contributed by atoms with Gasteiger partial charge in [-0.3, -0.25) is 0 Å². The van der Waals surface area contributed by atoms with Gasteiger partial charge in [0, 0.05) is 11.8 Å². The van der Waals surface area contributed by atoms with Crippen LogP contribution in [0.2, 0.25) is 5.02 Å². The minimum Gasteiger partial charge on any atom is -0.380 e. The lowest BCUT2D eigenvalue weighted by Crippen LogP contribution is -2.46. The van der Waals surface area contributed by atoms with Gasteiger partial charge in [-0.15, -0.1) is 0 Å². The summed E-state index contributed by atoms with van der Waals surface area (Å²) in [4.78, 5) is 3.36. The monoisotopic (exact) mass is 203 g/mol. The van der Waals surface area contributed by atoms with Crippen LogP contribution in [0, 0.1) is 5.95 Å². The maximum absolute atomic E-state index is 12.9. The minimum absolute atomic E-state index is 0.131. The number of hydrogen-bond donors (Lipinski definition) is 1. The maximum atomic E-state index is 12.9. The van der Waals surface area contributed by atoms with E-state index in [0.29, 0.717) is 5.56 Å². The minimum atomic E-state index is -1.14. The molecule has 1 aliphatic heterocycles. The Kier molecular flexibility index (Phi) is 1.98. The fourth-order valence-corrected chi connectivity index (χ4v) is 1.52. The van der Waals surface area contributed by atoms with Gasteiger partial charge in [-0.2, -0.15) is 4.39 Å². The largest absolute Gasteiger partial charge is 0.380 e. The molecular formula is C8H7ClFNO2. The van der Waals surface area contributed by atoms with Gasteiger partial charge in [0.1, 0.15) is 10.6 Å². The van der Waals surface area contributed by atoms with Gasteiger partial charge in [0.25, 0.3) is 0 Å². The van der Waals surface area contributed by atoms with E-state index in [2.05, 4.69) is 4.98 Å². The van der Waals surface area contributed by atoms with Gasteiger partial charge in [-0.1, -0.05) is 11.6 Å². The SMILES string of the molecule is OC1(c2ccnc(F)c2Cl)COC1. The molecule has 1 fully saturated rings. The van der Waals surface area contributed by atoms with Gasteiger partial charge < -0.3 is 9.84 Å². The topological polar surface area (TPSA) is 42.4 Å². The third-order valence-corrected chi connectivity index (χ3v) is 2.39. The van der Waals surface area contributed by atoms with Crippen molar-refractivity contribution < 1.29 is 14.2 Å². The summed E-state index contributed by atoms with van der Waals surface area (Å²) in [5, 5.41) is 9.65. The van der Waals surface area contributed by atoms with Crippen molar-refractivity contribution in [2.24, 2.45) is 0 Å². The Morgan fingerprint density at radius 1 is 1.62 bits per heavy atom. The highest BCUT2D eigenvalue weighted by atomic mass is 35.5. The number of hydrogen-bond acceptors (Lipinski definition) is 3. The molecule has 5 heteroatoms. The lowest BCUT2D eigenvalue weighted by Gasteiger charge is -2.37. The third-order valence-electron chi connectivity index (χ3n) is 2.03. The van der Waals surface area contributed by atoms with E-state index >= 15 is 0 Å². The van der Waals surface area contributed by atoms with Gasteiger partial charge in [0.15, 0.2) is 0 Å². The predicted octanol–water partition coefficient (Wildman–Crippen LogP) is 1.09. The first-order valence-electron chi connectivity index (χ1n) is 3.74. The van der Waals surface area contributed by atoms with E-state index in [1.807, 2.05) is 0 Å². The molecule has 0 radical (unpaired) electrons. The molecule has 0 bridgehead atoms. The zero-order chi connectivity index (χ0) is 9.47. The molecule has 0 amide bonds. The number of aliphatic hydroxyl groups is 1. The molecule has 1 aliphatic rings. The average molecular weight is 204 g/mol. The van der Waals surface area contributed by atoms with E-state index in [4.69, 9.17) is 16.3 Å². The van der Waals surface area contributed by atoms with Crippen LogP contribution in [0.5, 0.6) is 0 Å². The Hall–Kier alpha value is -0.710. The Labute approximate surface area is 79.1 Å². The molecule has 70 valence electrons. The Balaban J connectivity index is 2.45. The molecule has 1 aromatic rings. The molecular weight excluding hydrogens is 197 g/mol. The molecule has 0 aliphatic carbocycles. The van der Waals surface area contributed by atoms with Crippen LogP contribution in [0.15, 0.2) is 12.3 Å². The fourth-order valence-electron chi connectivity index (χ4n) is 1.23. The molecule has 1 aromatic heterocycles. The van der Waals surface area contributed by atoms with E-state index in [9.17, 15) is 9.50 Å². The first kappa shape index (κ1) is 8.87. The average Bonchev–Trinajstić information content (AvgIpc) is 2.06. The number of nitrogens with zero attached hydrogens (tertiary/aromatic N) is 1.